The molecule has 1 aromatic rings. The highest BCUT2D eigenvalue weighted by molar-refractivity contribution is 5.85. The Morgan fingerprint density at radius 2 is 1.86 bits per heavy atom. The second kappa shape index (κ2) is 7.77. The second-order valence-corrected chi connectivity index (χ2v) is 4.96. The number of halogens is 3. The van der Waals surface area contributed by atoms with Crippen LogP contribution in [0.2, 0.25) is 0 Å². The molecule has 0 amide bonds. The van der Waals surface area contributed by atoms with Gasteiger partial charge in [0.1, 0.15) is 12.6 Å². The Labute approximate surface area is 132 Å². The largest absolute Gasteiger partial charge is 0.390 e. The number of benzene rings is 1. The molecule has 0 saturated carbocycles. The van der Waals surface area contributed by atoms with E-state index in [2.05, 4.69) is 5.32 Å². The Morgan fingerprint density at radius 1 is 1.32 bits per heavy atom. The average molecular weight is 338 g/mol. The molecular weight excluding hydrogens is 320 g/mol. The van der Waals surface area contributed by atoms with Gasteiger partial charge in [-0.15, -0.1) is 12.4 Å². The molecule has 1 saturated heterocycles. The summed E-state index contributed by atoms with van der Waals surface area (Å²) >= 11 is 0. The molecule has 6 nitrogen and oxygen atoms in total. The minimum absolute atomic E-state index is 0. The molecule has 1 heterocycles. The molecule has 1 aliphatic rings. The van der Waals surface area contributed by atoms with Crippen LogP contribution in [0.1, 0.15) is 11.6 Å². The van der Waals surface area contributed by atoms with Crippen molar-refractivity contribution in [3.63, 3.8) is 0 Å². The summed E-state index contributed by atoms with van der Waals surface area (Å²) in [6.07, 6.45) is 0. The lowest BCUT2D eigenvalue weighted by Crippen LogP contribution is -2.51. The van der Waals surface area contributed by atoms with E-state index < -0.39 is 23.5 Å². The van der Waals surface area contributed by atoms with Crippen molar-refractivity contribution in [2.45, 2.75) is 12.0 Å². The van der Waals surface area contributed by atoms with Crippen LogP contribution in [0, 0.1) is 10.1 Å². The van der Waals surface area contributed by atoms with Crippen LogP contribution < -0.4 is 5.32 Å². The Hall–Kier alpha value is -1.35. The number of hydrogen-bond acceptors (Lipinski definition) is 5. The van der Waals surface area contributed by atoms with Crippen molar-refractivity contribution in [3.05, 3.63) is 39.9 Å². The van der Waals surface area contributed by atoms with Crippen LogP contribution in [0.3, 0.4) is 0 Å². The van der Waals surface area contributed by atoms with Gasteiger partial charge in [-0.2, -0.15) is 0 Å². The molecule has 2 N–H and O–H groups in total. The van der Waals surface area contributed by atoms with Gasteiger partial charge >= 0.3 is 0 Å². The molecule has 0 bridgehead atoms. The van der Waals surface area contributed by atoms with Gasteiger partial charge in [0.05, 0.1) is 4.92 Å². The van der Waals surface area contributed by atoms with Gasteiger partial charge in [0.25, 0.3) is 11.6 Å². The van der Waals surface area contributed by atoms with Crippen molar-refractivity contribution >= 4 is 18.1 Å². The molecular formula is C13H18ClF2N3O3. The number of rotatable bonds is 5. The molecule has 22 heavy (non-hydrogen) atoms. The number of nitrogens with zero attached hydrogens (tertiary/aromatic N) is 2. The van der Waals surface area contributed by atoms with E-state index in [4.69, 9.17) is 5.11 Å². The zero-order chi connectivity index (χ0) is 15.5. The normalized spacial score (nSPS) is 17.6. The smallest absolute Gasteiger partial charge is 0.289 e. The molecule has 1 fully saturated rings. The number of aliphatic hydroxyl groups is 1. The summed E-state index contributed by atoms with van der Waals surface area (Å²) < 4.78 is 28.2. The molecule has 1 atom stereocenters. The molecule has 0 radical (unpaired) electrons. The lowest BCUT2D eigenvalue weighted by Gasteiger charge is -2.38. The number of nitro groups is 1. The van der Waals surface area contributed by atoms with Crippen LogP contribution in [-0.4, -0.2) is 53.6 Å². The van der Waals surface area contributed by atoms with Crippen molar-refractivity contribution in [1.82, 2.24) is 10.2 Å². The van der Waals surface area contributed by atoms with Crippen molar-refractivity contribution < 1.29 is 18.8 Å². The van der Waals surface area contributed by atoms with E-state index in [0.29, 0.717) is 26.2 Å². The van der Waals surface area contributed by atoms with E-state index in [1.807, 2.05) is 0 Å². The number of nitrogens with one attached hydrogen (secondary N) is 1. The first-order valence-corrected chi connectivity index (χ1v) is 6.63. The lowest BCUT2D eigenvalue weighted by molar-refractivity contribution is -0.384. The Balaban J connectivity index is 0.00000242. The predicted octanol–water partition coefficient (Wildman–Crippen LogP) is 1.59. The standard InChI is InChI=1S/C13H17F2N3O3.ClH/c14-13(15,9-19)12(17-7-5-16-6-8-17)10-1-3-11(4-2-10)18(20)21;/h1-4,12,16,19H,5-9H2;1H/t12-;/m0./s1. The predicted molar refractivity (Wildman–Crippen MR) is 79.6 cm³/mol. The first-order valence-electron chi connectivity index (χ1n) is 6.63. The molecule has 1 aliphatic heterocycles. The van der Waals surface area contributed by atoms with Crippen LogP contribution in [0.25, 0.3) is 0 Å². The SMILES string of the molecule is Cl.O=[N+]([O-])c1ccc([C@H](N2CCNCC2)C(F)(F)CO)cc1. The number of alkyl halides is 2. The molecule has 0 aromatic heterocycles. The maximum absolute atomic E-state index is 14.1. The molecule has 0 aliphatic carbocycles. The average Bonchev–Trinajstić information content (AvgIpc) is 2.49. The minimum atomic E-state index is -3.31. The number of hydrogen-bond donors (Lipinski definition) is 2. The molecule has 0 unspecified atom stereocenters. The summed E-state index contributed by atoms with van der Waals surface area (Å²) in [4.78, 5) is 11.7. The van der Waals surface area contributed by atoms with Crippen molar-refractivity contribution in [3.8, 4) is 0 Å². The lowest BCUT2D eigenvalue weighted by atomic mass is 9.98. The fourth-order valence-corrected chi connectivity index (χ4v) is 2.53. The third-order valence-corrected chi connectivity index (χ3v) is 3.55. The van der Waals surface area contributed by atoms with E-state index in [9.17, 15) is 18.9 Å². The molecule has 124 valence electrons. The number of aliphatic hydroxyl groups excluding tert-OH is 1. The summed E-state index contributed by atoms with van der Waals surface area (Å²) in [5.74, 6) is -3.31. The number of non-ortho nitro benzene ring substituents is 1. The number of nitro benzene ring substituents is 1. The van der Waals surface area contributed by atoms with Gasteiger partial charge in [0.15, 0.2) is 0 Å². The van der Waals surface area contributed by atoms with Crippen LogP contribution in [0.4, 0.5) is 14.5 Å². The topological polar surface area (TPSA) is 78.6 Å². The Kier molecular flexibility index (Phi) is 6.61. The quantitative estimate of drug-likeness (QED) is 0.630. The van der Waals surface area contributed by atoms with Gasteiger partial charge in [-0.3, -0.25) is 15.0 Å². The summed E-state index contributed by atoms with van der Waals surface area (Å²) in [5, 5.41) is 22.7. The van der Waals surface area contributed by atoms with E-state index in [-0.39, 0.29) is 23.7 Å². The van der Waals surface area contributed by atoms with Crippen molar-refractivity contribution in [1.29, 1.82) is 0 Å². The van der Waals surface area contributed by atoms with E-state index in [1.54, 1.807) is 4.90 Å². The minimum Gasteiger partial charge on any atom is -0.390 e. The molecule has 1 aromatic carbocycles. The maximum atomic E-state index is 14.1. The van der Waals surface area contributed by atoms with Crippen LogP contribution in [-0.2, 0) is 0 Å². The molecule has 0 spiro atoms. The summed E-state index contributed by atoms with van der Waals surface area (Å²) in [6, 6.07) is 3.78. The van der Waals surface area contributed by atoms with Crippen LogP contribution in [0.15, 0.2) is 24.3 Å². The fourth-order valence-electron chi connectivity index (χ4n) is 2.53. The first kappa shape index (κ1) is 18.7. The Bertz CT molecular complexity index is 496. The van der Waals surface area contributed by atoms with E-state index >= 15 is 0 Å². The Morgan fingerprint density at radius 3 is 2.32 bits per heavy atom. The third-order valence-electron chi connectivity index (χ3n) is 3.55. The van der Waals surface area contributed by atoms with Gasteiger partial charge in [-0.1, -0.05) is 12.1 Å². The van der Waals surface area contributed by atoms with Crippen molar-refractivity contribution in [2.75, 3.05) is 32.8 Å². The maximum Gasteiger partial charge on any atom is 0.289 e. The van der Waals surface area contributed by atoms with Crippen LogP contribution in [0.5, 0.6) is 0 Å². The summed E-state index contributed by atoms with van der Waals surface area (Å²) in [5.41, 5.74) is 0.117. The fraction of sp³-hybridized carbons (Fsp3) is 0.538. The van der Waals surface area contributed by atoms with Gasteiger partial charge in [0.2, 0.25) is 0 Å². The highest BCUT2D eigenvalue weighted by atomic mass is 35.5. The van der Waals surface area contributed by atoms with Crippen LogP contribution >= 0.6 is 12.4 Å². The van der Waals surface area contributed by atoms with Gasteiger partial charge in [0, 0.05) is 38.3 Å². The zero-order valence-corrected chi connectivity index (χ0v) is 12.6. The van der Waals surface area contributed by atoms with Gasteiger partial charge < -0.3 is 10.4 Å². The molecule has 9 heteroatoms. The highest BCUT2D eigenvalue weighted by Crippen LogP contribution is 2.36. The molecule has 2 rings (SSSR count). The van der Waals surface area contributed by atoms with E-state index in [1.165, 1.54) is 24.3 Å². The monoisotopic (exact) mass is 337 g/mol. The summed E-state index contributed by atoms with van der Waals surface area (Å²) in [7, 11) is 0. The highest BCUT2D eigenvalue weighted by Gasteiger charge is 2.44. The summed E-state index contributed by atoms with van der Waals surface area (Å²) in [6.45, 7) is 0.767. The number of piperazine rings is 1. The van der Waals surface area contributed by atoms with Gasteiger partial charge in [-0.05, 0) is 5.56 Å². The van der Waals surface area contributed by atoms with Gasteiger partial charge in [-0.25, -0.2) is 8.78 Å². The van der Waals surface area contributed by atoms with E-state index in [0.717, 1.165) is 0 Å². The third kappa shape index (κ3) is 4.10. The zero-order valence-electron chi connectivity index (χ0n) is 11.7. The van der Waals surface area contributed by atoms with Crippen molar-refractivity contribution in [2.24, 2.45) is 0 Å². The first-order chi connectivity index (χ1) is 9.95. The second-order valence-electron chi connectivity index (χ2n) is 4.96.